The minimum atomic E-state index is -0.307. The number of aromatic nitrogens is 2. The number of pyridine rings is 1. The predicted octanol–water partition coefficient (Wildman–Crippen LogP) is 2.35. The van der Waals surface area contributed by atoms with Crippen LogP contribution in [0.4, 0.5) is 5.69 Å². The van der Waals surface area contributed by atoms with E-state index in [1.807, 2.05) is 53.4 Å². The molecule has 5 heteroatoms. The van der Waals surface area contributed by atoms with Crippen molar-refractivity contribution in [3.63, 3.8) is 0 Å². The molecule has 0 fully saturated rings. The number of nitrogens with zero attached hydrogens (tertiary/aromatic N) is 1. The van der Waals surface area contributed by atoms with Crippen molar-refractivity contribution in [1.29, 1.82) is 0 Å². The van der Waals surface area contributed by atoms with Gasteiger partial charge in [-0.2, -0.15) is 0 Å². The maximum Gasteiger partial charge on any atom is 0.271 e. The summed E-state index contributed by atoms with van der Waals surface area (Å²) >= 11 is 0. The third kappa shape index (κ3) is 3.15. The van der Waals surface area contributed by atoms with E-state index < -0.39 is 0 Å². The fourth-order valence-electron chi connectivity index (χ4n) is 2.19. The monoisotopic (exact) mass is 293 g/mol. The Morgan fingerprint density at radius 1 is 1.05 bits per heavy atom. The molecule has 0 radical (unpaired) electrons. The number of aromatic amines is 1. The Bertz CT molecular complexity index is 818. The normalized spacial score (nSPS) is 10.4. The summed E-state index contributed by atoms with van der Waals surface area (Å²) in [5.74, 6) is -0.217. The van der Waals surface area contributed by atoms with Crippen LogP contribution in [-0.2, 0) is 11.2 Å². The maximum absolute atomic E-state index is 12.0. The van der Waals surface area contributed by atoms with Crippen LogP contribution in [-0.4, -0.2) is 15.5 Å². The zero-order valence-corrected chi connectivity index (χ0v) is 11.8. The van der Waals surface area contributed by atoms with Crippen molar-refractivity contribution in [1.82, 2.24) is 9.55 Å². The average Bonchev–Trinajstić information content (AvgIpc) is 3.05. The van der Waals surface area contributed by atoms with Gasteiger partial charge in [-0.05, 0) is 42.0 Å². The minimum Gasteiger partial charge on any atom is -0.327 e. The molecule has 0 aliphatic heterocycles. The topological polar surface area (TPSA) is 66.9 Å². The highest BCUT2D eigenvalue weighted by atomic mass is 16.2. The number of nitrogens with one attached hydrogen (secondary N) is 2. The van der Waals surface area contributed by atoms with Gasteiger partial charge in [0.05, 0.1) is 6.42 Å². The molecule has 1 aromatic carbocycles. The zero-order valence-electron chi connectivity index (χ0n) is 11.8. The van der Waals surface area contributed by atoms with E-state index in [0.29, 0.717) is 0 Å². The van der Waals surface area contributed by atoms with Crippen molar-refractivity contribution < 1.29 is 4.79 Å². The number of amides is 1. The summed E-state index contributed by atoms with van der Waals surface area (Å²) < 4.78 is 1.99. The van der Waals surface area contributed by atoms with E-state index in [2.05, 4.69) is 10.3 Å². The summed E-state index contributed by atoms with van der Waals surface area (Å²) in [6.45, 7) is 0. The molecule has 0 saturated heterocycles. The molecule has 0 aliphatic carbocycles. The molecule has 2 aromatic heterocycles. The third-order valence-corrected chi connectivity index (χ3v) is 3.30. The third-order valence-electron chi connectivity index (χ3n) is 3.30. The Labute approximate surface area is 127 Å². The second-order valence-electron chi connectivity index (χ2n) is 4.89. The second kappa shape index (κ2) is 6.13. The second-order valence-corrected chi connectivity index (χ2v) is 4.89. The zero-order chi connectivity index (χ0) is 15.4. The number of hydrogen-bond acceptors (Lipinski definition) is 2. The number of H-pyrrole nitrogens is 1. The smallest absolute Gasteiger partial charge is 0.271 e. The molecular formula is C17H15N3O2. The molecule has 3 aromatic rings. The van der Waals surface area contributed by atoms with Crippen LogP contribution >= 0.6 is 0 Å². The molecule has 3 rings (SSSR count). The van der Waals surface area contributed by atoms with Crippen molar-refractivity contribution in [3.8, 4) is 5.69 Å². The first-order chi connectivity index (χ1) is 10.7. The number of anilines is 1. The van der Waals surface area contributed by atoms with Gasteiger partial charge in [-0.15, -0.1) is 0 Å². The SMILES string of the molecule is O=C(Cc1ccc(-n2cccc2)cc1)Nc1ccc[nH]c1=O. The predicted molar refractivity (Wildman–Crippen MR) is 85.2 cm³/mol. The molecule has 0 saturated carbocycles. The van der Waals surface area contributed by atoms with Gasteiger partial charge in [0.25, 0.3) is 5.56 Å². The lowest BCUT2D eigenvalue weighted by Gasteiger charge is -2.06. The van der Waals surface area contributed by atoms with Crippen LogP contribution < -0.4 is 10.9 Å². The molecule has 1 amide bonds. The highest BCUT2D eigenvalue weighted by Gasteiger charge is 2.06. The van der Waals surface area contributed by atoms with Gasteiger partial charge in [-0.3, -0.25) is 9.59 Å². The van der Waals surface area contributed by atoms with Gasteiger partial charge in [0, 0.05) is 24.3 Å². The first kappa shape index (κ1) is 13.9. The van der Waals surface area contributed by atoms with E-state index in [4.69, 9.17) is 0 Å². The Morgan fingerprint density at radius 2 is 1.77 bits per heavy atom. The first-order valence-corrected chi connectivity index (χ1v) is 6.92. The van der Waals surface area contributed by atoms with Crippen LogP contribution in [0.15, 0.2) is 71.9 Å². The Morgan fingerprint density at radius 3 is 2.45 bits per heavy atom. The molecule has 0 bridgehead atoms. The van der Waals surface area contributed by atoms with Gasteiger partial charge in [0.1, 0.15) is 5.69 Å². The summed E-state index contributed by atoms with van der Waals surface area (Å²) in [5.41, 5.74) is 1.88. The van der Waals surface area contributed by atoms with Gasteiger partial charge in [0.15, 0.2) is 0 Å². The van der Waals surface area contributed by atoms with Gasteiger partial charge < -0.3 is 14.9 Å². The molecular weight excluding hydrogens is 278 g/mol. The van der Waals surface area contributed by atoms with E-state index in [-0.39, 0.29) is 23.6 Å². The van der Waals surface area contributed by atoms with E-state index in [0.717, 1.165) is 11.3 Å². The summed E-state index contributed by atoms with van der Waals surface area (Å²) in [5, 5.41) is 2.61. The fourth-order valence-corrected chi connectivity index (χ4v) is 2.19. The summed E-state index contributed by atoms with van der Waals surface area (Å²) in [7, 11) is 0. The molecule has 0 atom stereocenters. The van der Waals surface area contributed by atoms with Crippen LogP contribution in [0.25, 0.3) is 5.69 Å². The number of benzene rings is 1. The van der Waals surface area contributed by atoms with Crippen molar-refractivity contribution in [2.75, 3.05) is 5.32 Å². The summed E-state index contributed by atoms with van der Waals surface area (Å²) in [6.07, 6.45) is 5.67. The highest BCUT2D eigenvalue weighted by Crippen LogP contribution is 2.11. The Balaban J connectivity index is 1.67. The van der Waals surface area contributed by atoms with E-state index in [1.54, 1.807) is 12.1 Å². The lowest BCUT2D eigenvalue weighted by Crippen LogP contribution is -2.20. The lowest BCUT2D eigenvalue weighted by molar-refractivity contribution is -0.115. The summed E-state index contributed by atoms with van der Waals surface area (Å²) in [6, 6.07) is 14.9. The van der Waals surface area contributed by atoms with Crippen molar-refractivity contribution in [2.24, 2.45) is 0 Å². The van der Waals surface area contributed by atoms with Crippen LogP contribution in [0.1, 0.15) is 5.56 Å². The molecule has 110 valence electrons. The van der Waals surface area contributed by atoms with Gasteiger partial charge in [-0.1, -0.05) is 12.1 Å². The lowest BCUT2D eigenvalue weighted by atomic mass is 10.1. The number of carbonyl (C=O) groups excluding carboxylic acids is 1. The molecule has 2 heterocycles. The molecule has 2 N–H and O–H groups in total. The van der Waals surface area contributed by atoms with E-state index >= 15 is 0 Å². The number of carbonyl (C=O) groups is 1. The fraction of sp³-hybridized carbons (Fsp3) is 0.0588. The van der Waals surface area contributed by atoms with Crippen molar-refractivity contribution >= 4 is 11.6 Å². The number of rotatable bonds is 4. The Hall–Kier alpha value is -3.08. The van der Waals surface area contributed by atoms with Crippen LogP contribution in [0.3, 0.4) is 0 Å². The quantitative estimate of drug-likeness (QED) is 0.775. The number of hydrogen-bond donors (Lipinski definition) is 2. The van der Waals surface area contributed by atoms with Crippen molar-refractivity contribution in [2.45, 2.75) is 6.42 Å². The largest absolute Gasteiger partial charge is 0.327 e. The highest BCUT2D eigenvalue weighted by molar-refractivity contribution is 5.92. The maximum atomic E-state index is 12.0. The van der Waals surface area contributed by atoms with Gasteiger partial charge in [-0.25, -0.2) is 0 Å². The molecule has 22 heavy (non-hydrogen) atoms. The molecule has 0 aliphatic rings. The molecule has 0 unspecified atom stereocenters. The Kier molecular flexibility index (Phi) is 3.87. The molecule has 0 spiro atoms. The summed E-state index contributed by atoms with van der Waals surface area (Å²) in [4.78, 5) is 26.0. The van der Waals surface area contributed by atoms with Gasteiger partial charge in [0.2, 0.25) is 5.91 Å². The standard InChI is InChI=1S/C17H15N3O2/c21-16(19-15-4-3-9-18-17(15)22)12-13-5-7-14(8-6-13)20-10-1-2-11-20/h1-11H,12H2,(H,18,22)(H,19,21). The first-order valence-electron chi connectivity index (χ1n) is 6.92. The molecule has 5 nitrogen and oxygen atoms in total. The average molecular weight is 293 g/mol. The van der Waals surface area contributed by atoms with Crippen molar-refractivity contribution in [3.05, 3.63) is 83.0 Å². The van der Waals surface area contributed by atoms with E-state index in [1.165, 1.54) is 6.20 Å². The van der Waals surface area contributed by atoms with Gasteiger partial charge >= 0.3 is 0 Å². The minimum absolute atomic E-state index is 0.217. The van der Waals surface area contributed by atoms with Crippen LogP contribution in [0.5, 0.6) is 0 Å². The van der Waals surface area contributed by atoms with Crippen LogP contribution in [0, 0.1) is 0 Å². The van der Waals surface area contributed by atoms with Crippen LogP contribution in [0.2, 0.25) is 0 Å². The van der Waals surface area contributed by atoms with E-state index in [9.17, 15) is 9.59 Å².